The molecule has 1 aromatic carbocycles. The molecule has 1 amide bonds. The van der Waals surface area contributed by atoms with Gasteiger partial charge in [-0.25, -0.2) is 4.39 Å². The summed E-state index contributed by atoms with van der Waals surface area (Å²) in [5, 5.41) is 2.90. The van der Waals surface area contributed by atoms with Crippen LogP contribution in [-0.4, -0.2) is 30.4 Å². The third-order valence-corrected chi connectivity index (χ3v) is 3.54. The molecule has 0 spiro atoms. The molecule has 1 heterocycles. The maximum atomic E-state index is 13.5. The second-order valence-electron chi connectivity index (χ2n) is 4.82. The van der Waals surface area contributed by atoms with Crippen LogP contribution in [0.5, 0.6) is 0 Å². The largest absolute Gasteiger partial charge is 0.324 e. The average Bonchev–Trinajstić information content (AvgIpc) is 2.41. The van der Waals surface area contributed by atoms with E-state index in [1.54, 1.807) is 6.07 Å². The fraction of sp³-hybridized carbons (Fsp3) is 0.500. The SMILES string of the molecule is O=C(CCN1CCCCC1)Nc1ccc(Cl)cc1F. The van der Waals surface area contributed by atoms with Crippen molar-refractivity contribution in [3.8, 4) is 0 Å². The van der Waals surface area contributed by atoms with Crippen molar-refractivity contribution in [3.63, 3.8) is 0 Å². The zero-order chi connectivity index (χ0) is 13.7. The number of rotatable bonds is 4. The summed E-state index contributed by atoms with van der Waals surface area (Å²) in [6, 6.07) is 4.24. The predicted molar refractivity (Wildman–Crippen MR) is 74.9 cm³/mol. The van der Waals surface area contributed by atoms with Gasteiger partial charge in [0.1, 0.15) is 5.82 Å². The van der Waals surface area contributed by atoms with Crippen molar-refractivity contribution >= 4 is 23.2 Å². The molecule has 1 fully saturated rings. The second-order valence-corrected chi connectivity index (χ2v) is 5.26. The number of nitrogens with one attached hydrogen (secondary N) is 1. The van der Waals surface area contributed by atoms with Crippen LogP contribution in [0.15, 0.2) is 18.2 Å². The molecule has 0 unspecified atom stereocenters. The molecule has 0 bridgehead atoms. The zero-order valence-corrected chi connectivity index (χ0v) is 11.5. The van der Waals surface area contributed by atoms with Crippen molar-refractivity contribution in [2.24, 2.45) is 0 Å². The molecule has 1 aromatic rings. The van der Waals surface area contributed by atoms with Gasteiger partial charge in [0.25, 0.3) is 0 Å². The van der Waals surface area contributed by atoms with E-state index in [-0.39, 0.29) is 11.6 Å². The molecule has 0 saturated carbocycles. The molecule has 0 aromatic heterocycles. The lowest BCUT2D eigenvalue weighted by molar-refractivity contribution is -0.116. The molecule has 3 nitrogen and oxygen atoms in total. The minimum absolute atomic E-state index is 0.160. The Morgan fingerprint density at radius 3 is 2.74 bits per heavy atom. The monoisotopic (exact) mass is 284 g/mol. The smallest absolute Gasteiger partial charge is 0.225 e. The highest BCUT2D eigenvalue weighted by atomic mass is 35.5. The number of likely N-dealkylation sites (tertiary alicyclic amines) is 1. The number of amides is 1. The lowest BCUT2D eigenvalue weighted by atomic mass is 10.1. The molecule has 0 atom stereocenters. The van der Waals surface area contributed by atoms with E-state index in [2.05, 4.69) is 10.2 Å². The third kappa shape index (κ3) is 4.48. The summed E-state index contributed by atoms with van der Waals surface area (Å²) < 4.78 is 13.5. The molecule has 5 heteroatoms. The molecule has 0 radical (unpaired) electrons. The molecule has 1 N–H and O–H groups in total. The van der Waals surface area contributed by atoms with Gasteiger partial charge >= 0.3 is 0 Å². The van der Waals surface area contributed by atoms with Gasteiger partial charge in [0.15, 0.2) is 0 Å². The minimum Gasteiger partial charge on any atom is -0.324 e. The molecule has 1 aliphatic rings. The number of benzene rings is 1. The first-order chi connectivity index (χ1) is 9.15. The van der Waals surface area contributed by atoms with Gasteiger partial charge in [-0.3, -0.25) is 4.79 Å². The Labute approximate surface area is 117 Å². The first-order valence-electron chi connectivity index (χ1n) is 6.62. The van der Waals surface area contributed by atoms with Gasteiger partial charge in [0, 0.05) is 18.0 Å². The Morgan fingerprint density at radius 2 is 2.05 bits per heavy atom. The van der Waals surface area contributed by atoms with E-state index in [4.69, 9.17) is 11.6 Å². The Morgan fingerprint density at radius 1 is 1.32 bits per heavy atom. The summed E-state index contributed by atoms with van der Waals surface area (Å²) >= 11 is 5.66. The van der Waals surface area contributed by atoms with Gasteiger partial charge in [-0.2, -0.15) is 0 Å². The minimum atomic E-state index is -0.501. The molecular weight excluding hydrogens is 267 g/mol. The topological polar surface area (TPSA) is 32.3 Å². The highest BCUT2D eigenvalue weighted by Gasteiger charge is 2.12. The van der Waals surface area contributed by atoms with Crippen molar-refractivity contribution in [2.75, 3.05) is 25.0 Å². The molecule has 2 rings (SSSR count). The van der Waals surface area contributed by atoms with E-state index >= 15 is 0 Å². The standard InChI is InChI=1S/C14H18ClFN2O/c15-11-4-5-13(12(16)10-11)17-14(19)6-9-18-7-2-1-3-8-18/h4-5,10H,1-3,6-9H2,(H,17,19). The summed E-state index contributed by atoms with van der Waals surface area (Å²) in [7, 11) is 0. The van der Waals surface area contributed by atoms with Crippen molar-refractivity contribution in [2.45, 2.75) is 25.7 Å². The van der Waals surface area contributed by atoms with Crippen LogP contribution in [0.4, 0.5) is 10.1 Å². The van der Waals surface area contributed by atoms with E-state index < -0.39 is 5.82 Å². The van der Waals surface area contributed by atoms with Crippen LogP contribution in [0.3, 0.4) is 0 Å². The van der Waals surface area contributed by atoms with Crippen LogP contribution in [0.1, 0.15) is 25.7 Å². The normalized spacial score (nSPS) is 16.3. The molecule has 1 aliphatic heterocycles. The van der Waals surface area contributed by atoms with Crippen molar-refractivity contribution in [3.05, 3.63) is 29.0 Å². The van der Waals surface area contributed by atoms with Gasteiger partial charge in [0.05, 0.1) is 5.69 Å². The Hall–Kier alpha value is -1.13. The van der Waals surface area contributed by atoms with Gasteiger partial charge in [-0.15, -0.1) is 0 Å². The summed E-state index contributed by atoms with van der Waals surface area (Å²) in [6.45, 7) is 2.85. The first kappa shape index (κ1) is 14.3. The summed E-state index contributed by atoms with van der Waals surface area (Å²) in [5.74, 6) is -0.661. The Balaban J connectivity index is 1.80. The number of halogens is 2. The van der Waals surface area contributed by atoms with E-state index in [1.165, 1.54) is 31.4 Å². The van der Waals surface area contributed by atoms with Gasteiger partial charge in [0.2, 0.25) is 5.91 Å². The Bertz CT molecular complexity index is 447. The summed E-state index contributed by atoms with van der Waals surface area (Å²) in [5.41, 5.74) is 0.188. The van der Waals surface area contributed by atoms with Crippen LogP contribution in [0.2, 0.25) is 5.02 Å². The maximum absolute atomic E-state index is 13.5. The third-order valence-electron chi connectivity index (χ3n) is 3.31. The second kappa shape index (κ2) is 6.87. The number of piperidine rings is 1. The highest BCUT2D eigenvalue weighted by Crippen LogP contribution is 2.19. The fourth-order valence-corrected chi connectivity index (χ4v) is 2.41. The predicted octanol–water partition coefficient (Wildman–Crippen LogP) is 3.29. The molecular formula is C14H18ClFN2O. The van der Waals surface area contributed by atoms with Gasteiger partial charge in [-0.05, 0) is 44.1 Å². The number of hydrogen-bond acceptors (Lipinski definition) is 2. The van der Waals surface area contributed by atoms with E-state index in [0.717, 1.165) is 19.6 Å². The quantitative estimate of drug-likeness (QED) is 0.920. The number of carbonyl (C=O) groups is 1. The summed E-state index contributed by atoms with van der Waals surface area (Å²) in [4.78, 5) is 14.0. The average molecular weight is 285 g/mol. The summed E-state index contributed by atoms with van der Waals surface area (Å²) in [6.07, 6.45) is 4.07. The lowest BCUT2D eigenvalue weighted by Gasteiger charge is -2.25. The van der Waals surface area contributed by atoms with E-state index in [0.29, 0.717) is 11.4 Å². The highest BCUT2D eigenvalue weighted by molar-refractivity contribution is 6.30. The number of carbonyl (C=O) groups excluding carboxylic acids is 1. The zero-order valence-electron chi connectivity index (χ0n) is 10.8. The van der Waals surface area contributed by atoms with E-state index in [1.807, 2.05) is 0 Å². The number of nitrogens with zero attached hydrogens (tertiary/aromatic N) is 1. The van der Waals surface area contributed by atoms with Crippen molar-refractivity contribution < 1.29 is 9.18 Å². The Kier molecular flexibility index (Phi) is 5.16. The van der Waals surface area contributed by atoms with Crippen LogP contribution in [0, 0.1) is 5.82 Å². The molecule has 104 valence electrons. The molecule has 0 aliphatic carbocycles. The number of anilines is 1. The van der Waals surface area contributed by atoms with Crippen LogP contribution < -0.4 is 5.32 Å². The van der Waals surface area contributed by atoms with Crippen molar-refractivity contribution in [1.82, 2.24) is 4.90 Å². The molecule has 19 heavy (non-hydrogen) atoms. The van der Waals surface area contributed by atoms with Crippen LogP contribution in [-0.2, 0) is 4.79 Å². The number of hydrogen-bond donors (Lipinski definition) is 1. The first-order valence-corrected chi connectivity index (χ1v) is 7.00. The fourth-order valence-electron chi connectivity index (χ4n) is 2.25. The molecule has 1 saturated heterocycles. The van der Waals surface area contributed by atoms with Crippen LogP contribution in [0.25, 0.3) is 0 Å². The van der Waals surface area contributed by atoms with Gasteiger partial charge < -0.3 is 10.2 Å². The van der Waals surface area contributed by atoms with E-state index in [9.17, 15) is 9.18 Å². The van der Waals surface area contributed by atoms with Gasteiger partial charge in [-0.1, -0.05) is 18.0 Å². The lowest BCUT2D eigenvalue weighted by Crippen LogP contribution is -2.32. The maximum Gasteiger partial charge on any atom is 0.225 e. The van der Waals surface area contributed by atoms with Crippen LogP contribution >= 0.6 is 11.6 Å². The van der Waals surface area contributed by atoms with Crippen molar-refractivity contribution in [1.29, 1.82) is 0 Å².